The third kappa shape index (κ3) is 3.44. The predicted octanol–water partition coefficient (Wildman–Crippen LogP) is 0.936. The van der Waals surface area contributed by atoms with Crippen molar-refractivity contribution in [3.05, 3.63) is 18.2 Å². The molecule has 2 amide bonds. The summed E-state index contributed by atoms with van der Waals surface area (Å²) in [5, 5.41) is 6.57. The van der Waals surface area contributed by atoms with Gasteiger partial charge in [0.05, 0.1) is 24.5 Å². The fraction of sp³-hybridized carbons (Fsp3) is 0.438. The molecule has 0 unspecified atom stereocenters. The van der Waals surface area contributed by atoms with Crippen molar-refractivity contribution in [1.29, 1.82) is 0 Å². The van der Waals surface area contributed by atoms with Gasteiger partial charge in [0.2, 0.25) is 5.91 Å². The molecular formula is C16H20N4O5. The zero-order chi connectivity index (χ0) is 18.0. The number of ether oxygens (including phenoxy) is 2. The van der Waals surface area contributed by atoms with Gasteiger partial charge in [0.1, 0.15) is 25.6 Å². The Morgan fingerprint density at radius 3 is 3.00 bits per heavy atom. The van der Waals surface area contributed by atoms with Gasteiger partial charge in [-0.15, -0.1) is 0 Å². The van der Waals surface area contributed by atoms with Gasteiger partial charge in [0.15, 0.2) is 5.84 Å². The lowest BCUT2D eigenvalue weighted by Crippen LogP contribution is -2.36. The summed E-state index contributed by atoms with van der Waals surface area (Å²) in [5.74, 6) is 1.14. The summed E-state index contributed by atoms with van der Waals surface area (Å²) in [6.45, 7) is 2.35. The predicted molar refractivity (Wildman–Crippen MR) is 91.1 cm³/mol. The first-order valence-electron chi connectivity index (χ1n) is 7.82. The van der Waals surface area contributed by atoms with Gasteiger partial charge in [-0.25, -0.2) is 4.79 Å². The van der Waals surface area contributed by atoms with Crippen molar-refractivity contribution >= 4 is 29.2 Å². The Balaban J connectivity index is 1.76. The van der Waals surface area contributed by atoms with Crippen molar-refractivity contribution in [3.63, 3.8) is 0 Å². The standard InChI is InChI=1S/C16H20N4O5/c1-10(21)17-7-12-8-20(16(22)25-12)11-4-5-13-14(6-11)24-9-15(18-23-3)19(13)2/h4-6,12H,7-9H2,1-3H3,(H,17,21)/b18-15+/t12-/m0/s1. The Labute approximate surface area is 145 Å². The molecule has 2 heterocycles. The molecule has 0 aromatic heterocycles. The van der Waals surface area contributed by atoms with E-state index in [0.29, 0.717) is 30.4 Å². The minimum absolute atomic E-state index is 0.159. The van der Waals surface area contributed by atoms with E-state index in [2.05, 4.69) is 10.5 Å². The lowest BCUT2D eigenvalue weighted by Gasteiger charge is -2.29. The monoisotopic (exact) mass is 348 g/mol. The largest absolute Gasteiger partial charge is 0.483 e. The average Bonchev–Trinajstić information content (AvgIpc) is 2.96. The molecule has 1 aromatic rings. The van der Waals surface area contributed by atoms with Gasteiger partial charge in [0, 0.05) is 20.0 Å². The number of oxime groups is 1. The average molecular weight is 348 g/mol. The van der Waals surface area contributed by atoms with Crippen LogP contribution < -0.4 is 19.9 Å². The number of carbonyl (C=O) groups is 2. The van der Waals surface area contributed by atoms with E-state index in [4.69, 9.17) is 14.3 Å². The number of amides is 2. The SMILES string of the molecule is CO/N=C1\COc2cc(N3C[C@H](CNC(C)=O)OC3=O)ccc2N1C. The number of nitrogens with zero attached hydrogens (tertiary/aromatic N) is 3. The Kier molecular flexibility index (Phi) is 4.64. The van der Waals surface area contributed by atoms with Crippen molar-refractivity contribution in [1.82, 2.24) is 5.32 Å². The summed E-state index contributed by atoms with van der Waals surface area (Å²) >= 11 is 0. The summed E-state index contributed by atoms with van der Waals surface area (Å²) in [6.07, 6.45) is -0.822. The quantitative estimate of drug-likeness (QED) is 0.814. The molecule has 134 valence electrons. The van der Waals surface area contributed by atoms with Crippen LogP contribution in [0.3, 0.4) is 0 Å². The van der Waals surface area contributed by atoms with Crippen LogP contribution in [-0.2, 0) is 14.4 Å². The summed E-state index contributed by atoms with van der Waals surface area (Å²) < 4.78 is 11.0. The van der Waals surface area contributed by atoms with Crippen LogP contribution >= 0.6 is 0 Å². The third-order valence-corrected chi connectivity index (χ3v) is 4.01. The number of amidine groups is 1. The molecule has 25 heavy (non-hydrogen) atoms. The fourth-order valence-corrected chi connectivity index (χ4v) is 2.73. The van der Waals surface area contributed by atoms with Crippen LogP contribution in [0.5, 0.6) is 5.75 Å². The molecule has 0 aliphatic carbocycles. The summed E-state index contributed by atoms with van der Waals surface area (Å²) in [6, 6.07) is 5.46. The zero-order valence-electron chi connectivity index (χ0n) is 14.3. The highest BCUT2D eigenvalue weighted by atomic mass is 16.6. The van der Waals surface area contributed by atoms with Crippen LogP contribution in [0.2, 0.25) is 0 Å². The summed E-state index contributed by atoms with van der Waals surface area (Å²) in [5.41, 5.74) is 1.50. The van der Waals surface area contributed by atoms with Gasteiger partial charge in [-0.05, 0) is 12.1 Å². The molecule has 1 N–H and O–H groups in total. The molecule has 0 radical (unpaired) electrons. The molecule has 0 bridgehead atoms. The van der Waals surface area contributed by atoms with Crippen LogP contribution in [0.15, 0.2) is 23.4 Å². The molecule has 1 saturated heterocycles. The normalized spacial score (nSPS) is 20.8. The first-order chi connectivity index (χ1) is 12.0. The smallest absolute Gasteiger partial charge is 0.414 e. The van der Waals surface area contributed by atoms with Crippen molar-refractivity contribution in [2.24, 2.45) is 5.16 Å². The van der Waals surface area contributed by atoms with E-state index < -0.39 is 6.09 Å². The van der Waals surface area contributed by atoms with E-state index in [1.165, 1.54) is 18.9 Å². The van der Waals surface area contributed by atoms with Gasteiger partial charge in [-0.3, -0.25) is 9.69 Å². The first-order valence-corrected chi connectivity index (χ1v) is 7.82. The van der Waals surface area contributed by atoms with Gasteiger partial charge >= 0.3 is 6.09 Å². The van der Waals surface area contributed by atoms with Crippen molar-refractivity contribution < 1.29 is 23.9 Å². The third-order valence-electron chi connectivity index (χ3n) is 4.01. The molecule has 1 atom stereocenters. The van der Waals surface area contributed by atoms with E-state index >= 15 is 0 Å². The van der Waals surface area contributed by atoms with Gasteiger partial charge in [-0.2, -0.15) is 0 Å². The van der Waals surface area contributed by atoms with E-state index in [0.717, 1.165) is 5.69 Å². The van der Waals surface area contributed by atoms with E-state index in [1.807, 2.05) is 24.1 Å². The highest BCUT2D eigenvalue weighted by Gasteiger charge is 2.33. The number of carbonyl (C=O) groups excluding carboxylic acids is 2. The lowest BCUT2D eigenvalue weighted by atomic mass is 10.2. The number of rotatable bonds is 4. The maximum atomic E-state index is 12.1. The van der Waals surface area contributed by atoms with E-state index in [9.17, 15) is 9.59 Å². The van der Waals surface area contributed by atoms with Crippen molar-refractivity contribution in [2.75, 3.05) is 43.7 Å². The minimum Gasteiger partial charge on any atom is -0.483 e. The lowest BCUT2D eigenvalue weighted by molar-refractivity contribution is -0.119. The van der Waals surface area contributed by atoms with Gasteiger partial charge in [-0.1, -0.05) is 5.16 Å². The molecule has 9 nitrogen and oxygen atoms in total. The Hall–Kier alpha value is -2.97. The topological polar surface area (TPSA) is 92.7 Å². The van der Waals surface area contributed by atoms with E-state index in [-0.39, 0.29) is 18.6 Å². The zero-order valence-corrected chi connectivity index (χ0v) is 14.3. The molecule has 1 fully saturated rings. The summed E-state index contributed by atoms with van der Waals surface area (Å²) in [4.78, 5) is 31.3. The number of cyclic esters (lactones) is 1. The molecule has 2 aliphatic rings. The number of hydrogen-bond acceptors (Lipinski definition) is 6. The molecular weight excluding hydrogens is 328 g/mol. The molecule has 0 spiro atoms. The van der Waals surface area contributed by atoms with Crippen LogP contribution in [0.1, 0.15) is 6.92 Å². The van der Waals surface area contributed by atoms with Crippen molar-refractivity contribution in [2.45, 2.75) is 13.0 Å². The highest BCUT2D eigenvalue weighted by molar-refractivity contribution is 6.01. The molecule has 0 saturated carbocycles. The van der Waals surface area contributed by atoms with Crippen LogP contribution in [0.25, 0.3) is 0 Å². The van der Waals surface area contributed by atoms with Crippen LogP contribution in [0.4, 0.5) is 16.2 Å². The number of hydrogen-bond donors (Lipinski definition) is 1. The second kappa shape index (κ2) is 6.88. The Morgan fingerprint density at radius 1 is 1.48 bits per heavy atom. The number of anilines is 2. The highest BCUT2D eigenvalue weighted by Crippen LogP contribution is 2.36. The van der Waals surface area contributed by atoms with Gasteiger partial charge < -0.3 is 24.5 Å². The molecule has 1 aromatic carbocycles. The molecule has 9 heteroatoms. The number of fused-ring (bicyclic) bond motifs is 1. The Morgan fingerprint density at radius 2 is 2.28 bits per heavy atom. The van der Waals surface area contributed by atoms with Gasteiger partial charge in [0.25, 0.3) is 0 Å². The Bertz CT molecular complexity index is 720. The molecule has 3 rings (SSSR count). The first kappa shape index (κ1) is 16.9. The number of likely N-dealkylation sites (N-methyl/N-ethyl adjacent to an activating group) is 1. The van der Waals surface area contributed by atoms with Crippen LogP contribution in [-0.4, -0.2) is 57.8 Å². The van der Waals surface area contributed by atoms with Crippen molar-refractivity contribution in [3.8, 4) is 5.75 Å². The maximum Gasteiger partial charge on any atom is 0.414 e. The second-order valence-corrected chi connectivity index (χ2v) is 5.74. The maximum absolute atomic E-state index is 12.1. The number of nitrogens with one attached hydrogen (secondary N) is 1. The number of benzene rings is 1. The summed E-state index contributed by atoms with van der Waals surface area (Å²) in [7, 11) is 3.35. The second-order valence-electron chi connectivity index (χ2n) is 5.74. The minimum atomic E-state index is -0.443. The van der Waals surface area contributed by atoms with Crippen LogP contribution in [0, 0.1) is 0 Å². The van der Waals surface area contributed by atoms with E-state index in [1.54, 1.807) is 6.07 Å². The molecule has 2 aliphatic heterocycles. The fourth-order valence-electron chi connectivity index (χ4n) is 2.73.